The average Bonchev–Trinajstić information content (AvgIpc) is 2.35. The van der Waals surface area contributed by atoms with E-state index in [0.29, 0.717) is 11.0 Å². The minimum atomic E-state index is 0.563. The second kappa shape index (κ2) is 8.12. The molecule has 0 amide bonds. The van der Waals surface area contributed by atoms with Gasteiger partial charge in [0.15, 0.2) is 5.11 Å². The number of rotatable bonds is 6. The number of thiocarbonyl (C=S) groups is 1. The molecule has 0 aromatic heterocycles. The maximum atomic E-state index is 5.27. The zero-order valence-electron chi connectivity index (χ0n) is 12.4. The first kappa shape index (κ1) is 15.9. The zero-order chi connectivity index (χ0) is 14.3. The molecule has 0 aliphatic carbocycles. The van der Waals surface area contributed by atoms with Crippen molar-refractivity contribution in [2.24, 2.45) is 0 Å². The average molecular weight is 280 g/mol. The Kier molecular flexibility index (Phi) is 6.81. The van der Waals surface area contributed by atoms with Crippen LogP contribution >= 0.6 is 12.2 Å². The fraction of sp³-hybridized carbons (Fsp3) is 0.533. The number of hydrogen-bond acceptors (Lipinski definition) is 1. The Morgan fingerprint density at radius 2 is 1.84 bits per heavy atom. The summed E-state index contributed by atoms with van der Waals surface area (Å²) in [6, 6.07) is 8.44. The fourth-order valence-corrected chi connectivity index (χ4v) is 1.99. The van der Waals surface area contributed by atoms with Gasteiger partial charge < -0.3 is 15.5 Å². The van der Waals surface area contributed by atoms with Crippen LogP contribution in [-0.4, -0.2) is 32.3 Å². The quantitative estimate of drug-likeness (QED) is 0.546. The number of hydrogen-bond donors (Lipinski definition) is 3. The van der Waals surface area contributed by atoms with E-state index in [9.17, 15) is 0 Å². The van der Waals surface area contributed by atoms with Gasteiger partial charge in [0.1, 0.15) is 0 Å². The molecule has 0 aliphatic heterocycles. The Hall–Kier alpha value is -1.13. The molecular formula is C15H26N3S+. The molecule has 0 aliphatic rings. The minimum absolute atomic E-state index is 0.563. The maximum Gasteiger partial charge on any atom is 0.170 e. The summed E-state index contributed by atoms with van der Waals surface area (Å²) >= 11 is 5.27. The molecule has 0 atom stereocenters. The predicted octanol–water partition coefficient (Wildman–Crippen LogP) is 1.63. The Labute approximate surface area is 122 Å². The van der Waals surface area contributed by atoms with Crippen LogP contribution in [-0.2, 0) is 0 Å². The molecule has 0 radical (unpaired) electrons. The van der Waals surface area contributed by atoms with Crippen molar-refractivity contribution in [2.75, 3.05) is 32.5 Å². The Morgan fingerprint density at radius 1 is 1.21 bits per heavy atom. The molecule has 0 saturated heterocycles. The SMILES string of the molecule is CC(C)c1ccc(NC(=S)NCCC[NH+](C)C)cc1. The molecule has 0 fully saturated rings. The summed E-state index contributed by atoms with van der Waals surface area (Å²) in [7, 11) is 4.32. The van der Waals surface area contributed by atoms with Gasteiger partial charge in [-0.3, -0.25) is 0 Å². The normalized spacial score (nSPS) is 10.8. The number of quaternary nitrogens is 1. The Bertz CT molecular complexity index is 385. The smallest absolute Gasteiger partial charge is 0.170 e. The molecule has 4 heteroatoms. The van der Waals surface area contributed by atoms with Crippen LogP contribution in [0.25, 0.3) is 0 Å². The first-order valence-electron chi connectivity index (χ1n) is 6.93. The molecule has 106 valence electrons. The van der Waals surface area contributed by atoms with Crippen molar-refractivity contribution < 1.29 is 4.90 Å². The first-order valence-corrected chi connectivity index (χ1v) is 7.33. The summed E-state index contributed by atoms with van der Waals surface area (Å²) < 4.78 is 0. The van der Waals surface area contributed by atoms with Crippen LogP contribution < -0.4 is 15.5 Å². The molecule has 0 saturated carbocycles. The standard InChI is InChI=1S/C15H25N3S/c1-12(2)13-6-8-14(9-7-13)17-15(19)16-10-5-11-18(3)4/h6-9,12H,5,10-11H2,1-4H3,(H2,16,17,19)/p+1. The highest BCUT2D eigenvalue weighted by Crippen LogP contribution is 2.16. The van der Waals surface area contributed by atoms with Gasteiger partial charge in [0.2, 0.25) is 0 Å². The van der Waals surface area contributed by atoms with Gasteiger partial charge in [0.25, 0.3) is 0 Å². The van der Waals surface area contributed by atoms with E-state index in [0.717, 1.165) is 25.2 Å². The highest BCUT2D eigenvalue weighted by Gasteiger charge is 2.01. The second-order valence-electron chi connectivity index (χ2n) is 5.47. The number of anilines is 1. The summed E-state index contributed by atoms with van der Waals surface area (Å²) in [6.45, 7) is 6.46. The van der Waals surface area contributed by atoms with Crippen LogP contribution in [0.1, 0.15) is 31.7 Å². The van der Waals surface area contributed by atoms with Crippen LogP contribution in [0.4, 0.5) is 5.69 Å². The number of nitrogens with one attached hydrogen (secondary N) is 3. The molecule has 3 N–H and O–H groups in total. The molecule has 0 bridgehead atoms. The molecule has 19 heavy (non-hydrogen) atoms. The van der Waals surface area contributed by atoms with E-state index in [1.807, 2.05) is 0 Å². The first-order chi connectivity index (χ1) is 8.99. The van der Waals surface area contributed by atoms with Crippen LogP contribution in [0, 0.1) is 0 Å². The zero-order valence-corrected chi connectivity index (χ0v) is 13.2. The maximum absolute atomic E-state index is 5.27. The monoisotopic (exact) mass is 280 g/mol. The second-order valence-corrected chi connectivity index (χ2v) is 5.88. The van der Waals surface area contributed by atoms with Gasteiger partial charge in [-0.15, -0.1) is 0 Å². The van der Waals surface area contributed by atoms with Crippen LogP contribution in [0.5, 0.6) is 0 Å². The van der Waals surface area contributed by atoms with E-state index in [2.05, 4.69) is 62.8 Å². The van der Waals surface area contributed by atoms with Gasteiger partial charge in [-0.05, 0) is 35.8 Å². The Morgan fingerprint density at radius 3 is 2.37 bits per heavy atom. The van der Waals surface area contributed by atoms with Gasteiger partial charge in [0, 0.05) is 18.7 Å². The van der Waals surface area contributed by atoms with Crippen molar-refractivity contribution in [3.05, 3.63) is 29.8 Å². The van der Waals surface area contributed by atoms with E-state index in [4.69, 9.17) is 12.2 Å². The fourth-order valence-electron chi connectivity index (χ4n) is 1.77. The third-order valence-electron chi connectivity index (χ3n) is 2.97. The molecular weight excluding hydrogens is 254 g/mol. The lowest BCUT2D eigenvalue weighted by atomic mass is 10.0. The van der Waals surface area contributed by atoms with Crippen LogP contribution in [0.3, 0.4) is 0 Å². The van der Waals surface area contributed by atoms with Crippen molar-refractivity contribution in [3.63, 3.8) is 0 Å². The van der Waals surface area contributed by atoms with Gasteiger partial charge in [-0.2, -0.15) is 0 Å². The molecule has 0 spiro atoms. The lowest BCUT2D eigenvalue weighted by molar-refractivity contribution is -0.858. The lowest BCUT2D eigenvalue weighted by Crippen LogP contribution is -3.05. The highest BCUT2D eigenvalue weighted by molar-refractivity contribution is 7.80. The minimum Gasteiger partial charge on any atom is -0.362 e. The van der Waals surface area contributed by atoms with Crippen molar-refractivity contribution in [2.45, 2.75) is 26.2 Å². The van der Waals surface area contributed by atoms with Gasteiger partial charge in [-0.1, -0.05) is 26.0 Å². The molecule has 1 aromatic rings. The van der Waals surface area contributed by atoms with E-state index in [1.165, 1.54) is 10.5 Å². The molecule has 0 unspecified atom stereocenters. The van der Waals surface area contributed by atoms with Gasteiger partial charge in [-0.25, -0.2) is 0 Å². The van der Waals surface area contributed by atoms with Gasteiger partial charge in [0.05, 0.1) is 20.6 Å². The summed E-state index contributed by atoms with van der Waals surface area (Å²) in [6.07, 6.45) is 1.12. The van der Waals surface area contributed by atoms with Crippen molar-refractivity contribution >= 4 is 23.0 Å². The predicted molar refractivity (Wildman–Crippen MR) is 87.0 cm³/mol. The van der Waals surface area contributed by atoms with Crippen LogP contribution in [0.2, 0.25) is 0 Å². The summed E-state index contributed by atoms with van der Waals surface area (Å²) in [5, 5.41) is 7.14. The lowest BCUT2D eigenvalue weighted by Gasteiger charge is -2.12. The number of benzene rings is 1. The van der Waals surface area contributed by atoms with E-state index in [1.54, 1.807) is 0 Å². The van der Waals surface area contributed by atoms with Gasteiger partial charge >= 0.3 is 0 Å². The van der Waals surface area contributed by atoms with E-state index >= 15 is 0 Å². The third kappa shape index (κ3) is 6.55. The van der Waals surface area contributed by atoms with E-state index in [-0.39, 0.29) is 0 Å². The highest BCUT2D eigenvalue weighted by atomic mass is 32.1. The van der Waals surface area contributed by atoms with E-state index < -0.39 is 0 Å². The summed E-state index contributed by atoms with van der Waals surface area (Å²) in [5.41, 5.74) is 2.39. The van der Waals surface area contributed by atoms with Crippen molar-refractivity contribution in [1.29, 1.82) is 0 Å². The van der Waals surface area contributed by atoms with Crippen molar-refractivity contribution in [1.82, 2.24) is 5.32 Å². The van der Waals surface area contributed by atoms with Crippen LogP contribution in [0.15, 0.2) is 24.3 Å². The molecule has 1 rings (SSSR count). The molecule has 3 nitrogen and oxygen atoms in total. The molecule has 0 heterocycles. The third-order valence-corrected chi connectivity index (χ3v) is 3.22. The Balaban J connectivity index is 2.32. The topological polar surface area (TPSA) is 28.5 Å². The van der Waals surface area contributed by atoms with Crippen molar-refractivity contribution in [3.8, 4) is 0 Å². The largest absolute Gasteiger partial charge is 0.362 e. The summed E-state index contributed by atoms with van der Waals surface area (Å²) in [4.78, 5) is 1.46. The molecule has 1 aromatic carbocycles. The summed E-state index contributed by atoms with van der Waals surface area (Å²) in [5.74, 6) is 0.563.